The number of rotatable bonds is 43. The van der Waals surface area contributed by atoms with Gasteiger partial charge in [0, 0.05) is 84.5 Å². The van der Waals surface area contributed by atoms with E-state index in [0.29, 0.717) is 103 Å². The van der Waals surface area contributed by atoms with Crippen molar-refractivity contribution < 1.29 is 53.2 Å². The molecule has 0 saturated carbocycles. The van der Waals surface area contributed by atoms with Crippen molar-refractivity contribution in [1.82, 2.24) is 31.9 Å². The Kier molecular flexibility index (Phi) is 38.6. The van der Waals surface area contributed by atoms with Gasteiger partial charge in [-0.3, -0.25) is 28.8 Å². The third kappa shape index (κ3) is 36.4. The summed E-state index contributed by atoms with van der Waals surface area (Å²) < 4.78 is 17.9. The zero-order chi connectivity index (χ0) is 44.4. The average molecular weight is 860 g/mol. The Morgan fingerprint density at radius 3 is 1.15 bits per heavy atom. The number of amides is 6. The maximum atomic E-state index is 13.4. The Hall–Kier alpha value is -3.42. The molecule has 0 aromatic rings. The fourth-order valence-corrected chi connectivity index (χ4v) is 5.79. The second-order valence-corrected chi connectivity index (χ2v) is 15.1. The summed E-state index contributed by atoms with van der Waals surface area (Å²) in [5, 5.41) is 34.8. The van der Waals surface area contributed by atoms with Crippen LogP contribution in [0.15, 0.2) is 0 Å². The molecule has 0 aromatic heterocycles. The van der Waals surface area contributed by atoms with Crippen LogP contribution in [-0.4, -0.2) is 143 Å². The first-order valence-corrected chi connectivity index (χ1v) is 22.4. The van der Waals surface area contributed by atoms with Crippen LogP contribution in [0.4, 0.5) is 0 Å². The topological polar surface area (TPSA) is 269 Å². The van der Waals surface area contributed by atoms with Gasteiger partial charge in [-0.25, -0.2) is 0 Å². The van der Waals surface area contributed by atoms with Crippen LogP contribution in [0.5, 0.6) is 0 Å². The molecule has 0 spiro atoms. The molecule has 0 radical (unpaired) electrons. The molecule has 60 heavy (non-hydrogen) atoms. The van der Waals surface area contributed by atoms with E-state index in [4.69, 9.17) is 30.2 Å². The molecule has 0 aliphatic rings. The lowest BCUT2D eigenvalue weighted by Crippen LogP contribution is -2.58. The van der Waals surface area contributed by atoms with Crippen molar-refractivity contribution >= 4 is 35.4 Å². The van der Waals surface area contributed by atoms with Crippen molar-refractivity contribution in [2.75, 3.05) is 92.1 Å². The van der Waals surface area contributed by atoms with E-state index < -0.39 is 5.54 Å². The van der Waals surface area contributed by atoms with E-state index in [-0.39, 0.29) is 114 Å². The quantitative estimate of drug-likeness (QED) is 0.0392. The van der Waals surface area contributed by atoms with Crippen molar-refractivity contribution in [2.45, 2.75) is 141 Å². The van der Waals surface area contributed by atoms with E-state index >= 15 is 0 Å². The minimum absolute atomic E-state index is 0.0396. The Morgan fingerprint density at radius 1 is 0.433 bits per heavy atom. The zero-order valence-electron chi connectivity index (χ0n) is 36.7. The van der Waals surface area contributed by atoms with Crippen molar-refractivity contribution in [3.63, 3.8) is 0 Å². The highest BCUT2D eigenvalue weighted by Crippen LogP contribution is 2.13. The molecular formula is C42H81N7O11. The summed E-state index contributed by atoms with van der Waals surface area (Å²) >= 11 is 0. The van der Waals surface area contributed by atoms with Crippen LogP contribution < -0.4 is 37.6 Å². The monoisotopic (exact) mass is 860 g/mol. The molecule has 0 heterocycles. The van der Waals surface area contributed by atoms with Gasteiger partial charge in [0.1, 0.15) is 5.54 Å². The van der Waals surface area contributed by atoms with Gasteiger partial charge >= 0.3 is 0 Å². The molecule has 18 heteroatoms. The van der Waals surface area contributed by atoms with Crippen LogP contribution in [0.2, 0.25) is 0 Å². The third-order valence-corrected chi connectivity index (χ3v) is 9.29. The fraction of sp³-hybridized carbons (Fsp3) is 0.857. The van der Waals surface area contributed by atoms with E-state index in [9.17, 15) is 28.8 Å². The second kappa shape index (κ2) is 41.0. The summed E-state index contributed by atoms with van der Waals surface area (Å²) in [7, 11) is 0. The molecule has 6 amide bonds. The molecule has 0 rings (SSSR count). The predicted octanol–water partition coefficient (Wildman–Crippen LogP) is 1.24. The van der Waals surface area contributed by atoms with Crippen molar-refractivity contribution in [3.05, 3.63) is 0 Å². The van der Waals surface area contributed by atoms with Gasteiger partial charge in [-0.2, -0.15) is 0 Å². The van der Waals surface area contributed by atoms with Gasteiger partial charge in [-0.05, 0) is 57.9 Å². The lowest BCUT2D eigenvalue weighted by atomic mass is 10.0. The number of unbranched alkanes of at least 4 members (excludes halogenated alkanes) is 8. The second-order valence-electron chi connectivity index (χ2n) is 15.1. The zero-order valence-corrected chi connectivity index (χ0v) is 36.7. The van der Waals surface area contributed by atoms with Gasteiger partial charge in [0.2, 0.25) is 35.4 Å². The minimum atomic E-state index is -1.19. The largest absolute Gasteiger partial charge is 0.396 e. The number of ether oxygens (including phenoxy) is 3. The summed E-state index contributed by atoms with van der Waals surface area (Å²) in [6.07, 6.45) is 12.6. The molecule has 0 aromatic carbocycles. The normalized spacial score (nSPS) is 11.2. The number of carbonyl (C=O) groups excluding carboxylic acids is 6. The molecule has 0 saturated heterocycles. The van der Waals surface area contributed by atoms with Gasteiger partial charge in [0.05, 0.1) is 39.6 Å². The van der Waals surface area contributed by atoms with E-state index in [1.54, 1.807) is 0 Å². The molecule has 0 aliphatic heterocycles. The highest BCUT2D eigenvalue weighted by Gasteiger charge is 2.34. The molecule has 0 atom stereocenters. The average Bonchev–Trinajstić information content (AvgIpc) is 3.22. The predicted molar refractivity (Wildman–Crippen MR) is 230 cm³/mol. The van der Waals surface area contributed by atoms with Gasteiger partial charge in [-0.15, -0.1) is 0 Å². The molecule has 0 bridgehead atoms. The summed E-state index contributed by atoms with van der Waals surface area (Å²) in [6, 6.07) is 0. The Labute approximate surface area is 358 Å². The highest BCUT2D eigenvalue weighted by molar-refractivity contribution is 5.78. The smallest absolute Gasteiger partial charge is 0.222 e. The lowest BCUT2D eigenvalue weighted by molar-refractivity contribution is -0.130. The fourth-order valence-electron chi connectivity index (χ4n) is 5.79. The van der Waals surface area contributed by atoms with Crippen LogP contribution >= 0.6 is 0 Å². The van der Waals surface area contributed by atoms with E-state index in [1.165, 1.54) is 12.8 Å². The summed E-state index contributed by atoms with van der Waals surface area (Å²) in [6.45, 7) is 4.73. The summed E-state index contributed by atoms with van der Waals surface area (Å²) in [5.41, 5.74) is 4.33. The molecule has 350 valence electrons. The van der Waals surface area contributed by atoms with Gasteiger partial charge in [-0.1, -0.05) is 45.4 Å². The number of nitrogens with two attached hydrogens (primary N) is 1. The van der Waals surface area contributed by atoms with Gasteiger partial charge in [0.25, 0.3) is 0 Å². The van der Waals surface area contributed by atoms with Crippen LogP contribution in [0.3, 0.4) is 0 Å². The van der Waals surface area contributed by atoms with E-state index in [2.05, 4.69) is 38.8 Å². The highest BCUT2D eigenvalue weighted by atomic mass is 16.5. The minimum Gasteiger partial charge on any atom is -0.396 e. The van der Waals surface area contributed by atoms with Crippen LogP contribution in [0, 0.1) is 0 Å². The number of hydrogen-bond donors (Lipinski definition) is 9. The van der Waals surface area contributed by atoms with Crippen LogP contribution in [0.1, 0.15) is 135 Å². The Morgan fingerprint density at radius 2 is 0.767 bits per heavy atom. The summed E-state index contributed by atoms with van der Waals surface area (Å²) in [4.78, 5) is 74.4. The van der Waals surface area contributed by atoms with Crippen molar-refractivity contribution in [1.29, 1.82) is 0 Å². The van der Waals surface area contributed by atoms with Gasteiger partial charge in [0.15, 0.2) is 0 Å². The standard InChI is InChI=1S/C42H81N7O11/c1-2-3-4-5-6-7-8-18-41(57)49-42(33-58-30-19-38(54)44-23-13-22-43,34-59-31-20-39(55)47-26-14-24-45-36(52)16-9-11-28-50)35-60-32-21-40(56)48-27-15-25-46-37(53)17-10-12-29-51/h50-51H,2-35,43H2,1H3,(H,44,54)(H,45,52)(H,46,53)(H,47,55)(H,48,56)(H,49,57). The number of aliphatic hydroxyl groups excluding tert-OH is 2. The maximum Gasteiger partial charge on any atom is 0.222 e. The molecular weight excluding hydrogens is 778 g/mol. The molecule has 18 nitrogen and oxygen atoms in total. The Bertz CT molecular complexity index is 1080. The molecule has 0 aliphatic carbocycles. The first-order valence-electron chi connectivity index (χ1n) is 22.4. The summed E-state index contributed by atoms with van der Waals surface area (Å²) in [5.74, 6) is -1.07. The molecule has 10 N–H and O–H groups in total. The third-order valence-electron chi connectivity index (χ3n) is 9.29. The molecule has 0 fully saturated rings. The number of carbonyl (C=O) groups is 6. The Balaban J connectivity index is 5.34. The first-order chi connectivity index (χ1) is 29.1. The maximum absolute atomic E-state index is 13.4. The van der Waals surface area contributed by atoms with Crippen LogP contribution in [0.25, 0.3) is 0 Å². The van der Waals surface area contributed by atoms with Crippen molar-refractivity contribution in [3.8, 4) is 0 Å². The van der Waals surface area contributed by atoms with E-state index in [0.717, 1.165) is 25.7 Å². The van der Waals surface area contributed by atoms with Gasteiger partial charge < -0.3 is 62.1 Å². The number of nitrogens with one attached hydrogen (secondary N) is 6. The van der Waals surface area contributed by atoms with Crippen LogP contribution in [-0.2, 0) is 43.0 Å². The lowest BCUT2D eigenvalue weighted by Gasteiger charge is -2.34. The first kappa shape index (κ1) is 56.6. The SMILES string of the molecule is CCCCCCCCCC(=O)NC(COCCC(=O)NCCCN)(COCCC(=O)NCCCNC(=O)CCCCO)COCCC(=O)NCCCNC(=O)CCCCO. The molecule has 0 unspecified atom stereocenters. The number of aliphatic hydroxyl groups is 2. The van der Waals surface area contributed by atoms with Crippen molar-refractivity contribution in [2.24, 2.45) is 5.73 Å². The number of hydrogen-bond acceptors (Lipinski definition) is 12. The van der Waals surface area contributed by atoms with E-state index in [1.807, 2.05) is 0 Å².